The molecule has 2 aromatic heterocycles. The molecule has 14 heavy (non-hydrogen) atoms. The lowest BCUT2D eigenvalue weighted by Gasteiger charge is -2.02. The molecule has 0 amide bonds. The van der Waals surface area contributed by atoms with Gasteiger partial charge in [0.1, 0.15) is 5.82 Å². The highest BCUT2D eigenvalue weighted by molar-refractivity contribution is 6.30. The van der Waals surface area contributed by atoms with Crippen molar-refractivity contribution in [1.82, 2.24) is 15.2 Å². The zero-order valence-electron chi connectivity index (χ0n) is 7.18. The summed E-state index contributed by atoms with van der Waals surface area (Å²) in [5.74, 6) is 0.420. The fraction of sp³-hybridized carbons (Fsp3) is 0. The molecule has 2 rings (SSSR count). The third-order valence-corrected chi connectivity index (χ3v) is 1.94. The summed E-state index contributed by atoms with van der Waals surface area (Å²) in [6.07, 6.45) is 3.09. The Morgan fingerprint density at radius 3 is 2.93 bits per heavy atom. The molecule has 0 spiro atoms. The molecule has 0 saturated carbocycles. The molecule has 0 aliphatic rings. The molecule has 0 aliphatic carbocycles. The molecule has 0 fully saturated rings. The van der Waals surface area contributed by atoms with Crippen molar-refractivity contribution < 1.29 is 0 Å². The fourth-order valence-corrected chi connectivity index (χ4v) is 1.26. The molecule has 2 N–H and O–H groups in total. The minimum Gasteiger partial charge on any atom is -0.383 e. The average molecular weight is 207 g/mol. The molecule has 0 atom stereocenters. The van der Waals surface area contributed by atoms with Crippen molar-refractivity contribution in [2.45, 2.75) is 0 Å². The maximum Gasteiger partial charge on any atom is 0.132 e. The minimum absolute atomic E-state index is 0.420. The van der Waals surface area contributed by atoms with Crippen LogP contribution in [0.4, 0.5) is 5.82 Å². The number of nitrogens with zero attached hydrogens (tertiary/aromatic N) is 3. The number of pyridine rings is 1. The van der Waals surface area contributed by atoms with Gasteiger partial charge in [-0.15, -0.1) is 0 Å². The summed E-state index contributed by atoms with van der Waals surface area (Å²) >= 11 is 5.78. The molecule has 2 heterocycles. The van der Waals surface area contributed by atoms with Crippen LogP contribution in [0.1, 0.15) is 0 Å². The topological polar surface area (TPSA) is 64.7 Å². The first-order valence-electron chi connectivity index (χ1n) is 3.96. The second kappa shape index (κ2) is 3.59. The summed E-state index contributed by atoms with van der Waals surface area (Å²) in [6, 6.07) is 5.30. The van der Waals surface area contributed by atoms with Gasteiger partial charge in [-0.1, -0.05) is 11.6 Å². The molecular formula is C9H7ClN4. The Labute approximate surface area is 85.8 Å². The lowest BCUT2D eigenvalue weighted by Crippen LogP contribution is -1.95. The van der Waals surface area contributed by atoms with Crippen molar-refractivity contribution in [2.24, 2.45) is 0 Å². The van der Waals surface area contributed by atoms with Crippen molar-refractivity contribution in [2.75, 3.05) is 5.73 Å². The largest absolute Gasteiger partial charge is 0.383 e. The number of nitrogens with two attached hydrogens (primary N) is 1. The molecule has 0 unspecified atom stereocenters. The molecule has 2 aromatic rings. The van der Waals surface area contributed by atoms with E-state index < -0.39 is 0 Å². The van der Waals surface area contributed by atoms with Crippen LogP contribution in [0.2, 0.25) is 5.02 Å². The Morgan fingerprint density at radius 1 is 1.36 bits per heavy atom. The number of nitrogen functional groups attached to an aromatic ring is 1. The molecule has 4 nitrogen and oxygen atoms in total. The SMILES string of the molecule is Nc1ncccc1-c1cc(Cl)cnn1. The van der Waals surface area contributed by atoms with Crippen LogP contribution in [0, 0.1) is 0 Å². The Bertz CT molecular complexity index is 458. The first-order valence-corrected chi connectivity index (χ1v) is 4.34. The van der Waals surface area contributed by atoms with Gasteiger partial charge >= 0.3 is 0 Å². The van der Waals surface area contributed by atoms with Gasteiger partial charge in [-0.3, -0.25) is 0 Å². The maximum absolute atomic E-state index is 5.78. The lowest BCUT2D eigenvalue weighted by molar-refractivity contribution is 1.04. The molecule has 5 heteroatoms. The summed E-state index contributed by atoms with van der Waals surface area (Å²) in [4.78, 5) is 3.95. The number of halogens is 1. The first kappa shape index (κ1) is 8.90. The van der Waals surface area contributed by atoms with Crippen LogP contribution < -0.4 is 5.73 Å². The van der Waals surface area contributed by atoms with Crippen LogP contribution in [0.5, 0.6) is 0 Å². The van der Waals surface area contributed by atoms with Gasteiger partial charge in [0.05, 0.1) is 16.9 Å². The molecule has 0 aliphatic heterocycles. The van der Waals surface area contributed by atoms with Crippen LogP contribution in [0.25, 0.3) is 11.3 Å². The van der Waals surface area contributed by atoms with Gasteiger partial charge in [-0.05, 0) is 18.2 Å². The van der Waals surface area contributed by atoms with Gasteiger partial charge in [0.15, 0.2) is 0 Å². The number of rotatable bonds is 1. The predicted molar refractivity (Wildman–Crippen MR) is 54.7 cm³/mol. The van der Waals surface area contributed by atoms with Gasteiger partial charge in [-0.2, -0.15) is 10.2 Å². The summed E-state index contributed by atoms with van der Waals surface area (Å²) < 4.78 is 0. The molecule has 0 bridgehead atoms. The van der Waals surface area contributed by atoms with Gasteiger partial charge in [0.25, 0.3) is 0 Å². The van der Waals surface area contributed by atoms with E-state index in [1.165, 1.54) is 6.20 Å². The van der Waals surface area contributed by atoms with Crippen LogP contribution in [0.3, 0.4) is 0 Å². The average Bonchev–Trinajstić information content (AvgIpc) is 2.18. The Balaban J connectivity index is 2.55. The highest BCUT2D eigenvalue weighted by Gasteiger charge is 2.04. The summed E-state index contributed by atoms with van der Waals surface area (Å²) in [6.45, 7) is 0. The Morgan fingerprint density at radius 2 is 2.21 bits per heavy atom. The van der Waals surface area contributed by atoms with Crippen LogP contribution in [-0.4, -0.2) is 15.2 Å². The van der Waals surface area contributed by atoms with Gasteiger partial charge in [0, 0.05) is 11.8 Å². The second-order valence-electron chi connectivity index (χ2n) is 2.70. The van der Waals surface area contributed by atoms with E-state index in [4.69, 9.17) is 17.3 Å². The Kier molecular flexibility index (Phi) is 2.28. The molecule has 70 valence electrons. The fourth-order valence-electron chi connectivity index (χ4n) is 1.11. The molecule has 0 aromatic carbocycles. The number of hydrogen-bond donors (Lipinski definition) is 1. The molecule has 0 saturated heterocycles. The molecule has 0 radical (unpaired) electrons. The van der Waals surface area contributed by atoms with E-state index in [1.54, 1.807) is 18.3 Å². The quantitative estimate of drug-likeness (QED) is 0.773. The summed E-state index contributed by atoms with van der Waals surface area (Å²) in [5.41, 5.74) is 7.05. The van der Waals surface area contributed by atoms with Crippen molar-refractivity contribution in [3.8, 4) is 11.3 Å². The van der Waals surface area contributed by atoms with E-state index in [9.17, 15) is 0 Å². The van der Waals surface area contributed by atoms with Crippen LogP contribution in [0.15, 0.2) is 30.6 Å². The maximum atomic E-state index is 5.78. The van der Waals surface area contributed by atoms with E-state index in [-0.39, 0.29) is 0 Å². The van der Waals surface area contributed by atoms with E-state index in [2.05, 4.69) is 15.2 Å². The van der Waals surface area contributed by atoms with Gasteiger partial charge in [0.2, 0.25) is 0 Å². The normalized spacial score (nSPS) is 10.1. The standard InChI is InChI=1S/C9H7ClN4/c10-6-4-8(14-13-5-6)7-2-1-3-12-9(7)11/h1-5H,(H2,11,12). The Hall–Kier alpha value is -1.68. The van der Waals surface area contributed by atoms with Crippen LogP contribution >= 0.6 is 11.6 Å². The monoisotopic (exact) mass is 206 g/mol. The zero-order valence-corrected chi connectivity index (χ0v) is 7.94. The van der Waals surface area contributed by atoms with Gasteiger partial charge in [-0.25, -0.2) is 4.98 Å². The predicted octanol–water partition coefficient (Wildman–Crippen LogP) is 1.77. The van der Waals surface area contributed by atoms with Crippen molar-refractivity contribution in [3.63, 3.8) is 0 Å². The molecular weight excluding hydrogens is 200 g/mol. The van der Waals surface area contributed by atoms with E-state index in [1.807, 2.05) is 6.07 Å². The second-order valence-corrected chi connectivity index (χ2v) is 3.13. The van der Waals surface area contributed by atoms with Crippen molar-refractivity contribution >= 4 is 17.4 Å². The third kappa shape index (κ3) is 1.65. The lowest BCUT2D eigenvalue weighted by atomic mass is 10.2. The van der Waals surface area contributed by atoms with Crippen molar-refractivity contribution in [1.29, 1.82) is 0 Å². The van der Waals surface area contributed by atoms with Crippen molar-refractivity contribution in [3.05, 3.63) is 35.6 Å². The smallest absolute Gasteiger partial charge is 0.132 e. The van der Waals surface area contributed by atoms with E-state index in [0.717, 1.165) is 5.56 Å². The summed E-state index contributed by atoms with van der Waals surface area (Å²) in [5, 5.41) is 8.18. The van der Waals surface area contributed by atoms with E-state index in [0.29, 0.717) is 16.5 Å². The number of anilines is 1. The number of hydrogen-bond acceptors (Lipinski definition) is 4. The summed E-state index contributed by atoms with van der Waals surface area (Å²) in [7, 11) is 0. The minimum atomic E-state index is 0.420. The third-order valence-electron chi connectivity index (χ3n) is 1.74. The van der Waals surface area contributed by atoms with Gasteiger partial charge < -0.3 is 5.73 Å². The zero-order chi connectivity index (χ0) is 9.97. The van der Waals surface area contributed by atoms with E-state index >= 15 is 0 Å². The highest BCUT2D eigenvalue weighted by Crippen LogP contribution is 2.22. The number of aromatic nitrogens is 3. The highest BCUT2D eigenvalue weighted by atomic mass is 35.5. The van der Waals surface area contributed by atoms with Crippen LogP contribution in [-0.2, 0) is 0 Å². The first-order chi connectivity index (χ1) is 6.77.